The van der Waals surface area contributed by atoms with Crippen LogP contribution >= 0.6 is 0 Å². The molecule has 0 saturated carbocycles. The van der Waals surface area contributed by atoms with Gasteiger partial charge in [0.2, 0.25) is 0 Å². The molecule has 2 nitrogen and oxygen atoms in total. The molecule has 1 aromatic rings. The highest BCUT2D eigenvalue weighted by Gasteiger charge is 2.44. The molecule has 28 heavy (non-hydrogen) atoms. The van der Waals surface area contributed by atoms with E-state index in [9.17, 15) is 13.2 Å². The lowest BCUT2D eigenvalue weighted by Crippen LogP contribution is -2.29. The molecule has 0 fully saturated rings. The van der Waals surface area contributed by atoms with Crippen LogP contribution in [0.15, 0.2) is 79.1 Å². The Kier molecular flexibility index (Phi) is 6.60. The van der Waals surface area contributed by atoms with Crippen molar-refractivity contribution < 1.29 is 17.9 Å². The SMILES string of the molecule is C=C/C=C1\N(CC)c2ccc(OC(F)(F)F)cc2C1(C)C/C(C=C)=C/C=C\C. The fourth-order valence-corrected chi connectivity index (χ4v) is 3.69. The van der Waals surface area contributed by atoms with Crippen LogP contribution in [-0.2, 0) is 5.41 Å². The molecule has 5 heteroatoms. The van der Waals surface area contributed by atoms with Gasteiger partial charge in [-0.1, -0.05) is 43.5 Å². The van der Waals surface area contributed by atoms with Crippen molar-refractivity contribution in [3.8, 4) is 5.75 Å². The van der Waals surface area contributed by atoms with E-state index in [0.717, 1.165) is 22.5 Å². The van der Waals surface area contributed by atoms with Gasteiger partial charge in [0.1, 0.15) is 5.75 Å². The highest BCUT2D eigenvalue weighted by atomic mass is 19.4. The zero-order chi connectivity index (χ0) is 20.9. The minimum atomic E-state index is -4.73. The summed E-state index contributed by atoms with van der Waals surface area (Å²) in [5.41, 5.74) is 3.09. The number of alkyl halides is 3. The van der Waals surface area contributed by atoms with E-state index in [1.165, 1.54) is 12.1 Å². The molecule has 0 saturated heterocycles. The Morgan fingerprint density at radius 3 is 2.54 bits per heavy atom. The molecule has 0 N–H and O–H groups in total. The first-order chi connectivity index (χ1) is 13.2. The third kappa shape index (κ3) is 4.41. The van der Waals surface area contributed by atoms with Crippen LogP contribution in [0.3, 0.4) is 0 Å². The number of anilines is 1. The number of halogens is 3. The third-order valence-electron chi connectivity index (χ3n) is 4.86. The van der Waals surface area contributed by atoms with Gasteiger partial charge in [-0.2, -0.15) is 0 Å². The summed E-state index contributed by atoms with van der Waals surface area (Å²) in [6, 6.07) is 4.54. The zero-order valence-corrected chi connectivity index (χ0v) is 16.5. The maximum Gasteiger partial charge on any atom is 0.573 e. The maximum absolute atomic E-state index is 12.7. The van der Waals surface area contributed by atoms with Gasteiger partial charge < -0.3 is 9.64 Å². The van der Waals surface area contributed by atoms with Gasteiger partial charge in [-0.05, 0) is 62.6 Å². The summed E-state index contributed by atoms with van der Waals surface area (Å²) in [6.07, 6.45) is 7.07. The van der Waals surface area contributed by atoms with E-state index < -0.39 is 11.8 Å². The zero-order valence-electron chi connectivity index (χ0n) is 16.5. The second kappa shape index (κ2) is 8.55. The van der Waals surface area contributed by atoms with E-state index >= 15 is 0 Å². The molecular formula is C23H26F3NO. The van der Waals surface area contributed by atoms with E-state index in [-0.39, 0.29) is 5.75 Å². The molecule has 0 spiro atoms. The first kappa shape index (κ1) is 21.6. The van der Waals surface area contributed by atoms with Crippen LogP contribution in [0.4, 0.5) is 18.9 Å². The second-order valence-electron chi connectivity index (χ2n) is 6.74. The third-order valence-corrected chi connectivity index (χ3v) is 4.86. The minimum Gasteiger partial charge on any atom is -0.406 e. The summed E-state index contributed by atoms with van der Waals surface area (Å²) >= 11 is 0. The molecular weight excluding hydrogens is 363 g/mol. The van der Waals surface area contributed by atoms with Gasteiger partial charge in [0.25, 0.3) is 0 Å². The average molecular weight is 389 g/mol. The summed E-state index contributed by atoms with van der Waals surface area (Å²) in [4.78, 5) is 2.10. The van der Waals surface area contributed by atoms with Gasteiger partial charge in [-0.15, -0.1) is 13.2 Å². The number of ether oxygens (including phenoxy) is 1. The van der Waals surface area contributed by atoms with Crippen LogP contribution in [0.1, 0.15) is 32.8 Å². The minimum absolute atomic E-state index is 0.217. The molecule has 150 valence electrons. The number of hydrogen-bond acceptors (Lipinski definition) is 2. The van der Waals surface area contributed by atoms with Crippen LogP contribution in [0.5, 0.6) is 5.75 Å². The number of allylic oxidation sites excluding steroid dienone is 8. The fourth-order valence-electron chi connectivity index (χ4n) is 3.69. The first-order valence-electron chi connectivity index (χ1n) is 9.15. The van der Waals surface area contributed by atoms with Crippen LogP contribution < -0.4 is 9.64 Å². The molecule has 0 amide bonds. The number of rotatable bonds is 7. The normalized spacial score (nSPS) is 21.3. The summed E-state index contributed by atoms with van der Waals surface area (Å²) < 4.78 is 42.4. The predicted molar refractivity (Wildman–Crippen MR) is 109 cm³/mol. The highest BCUT2D eigenvalue weighted by Crippen LogP contribution is 2.52. The smallest absolute Gasteiger partial charge is 0.406 e. The number of hydrogen-bond donors (Lipinski definition) is 0. The van der Waals surface area contributed by atoms with Crippen LogP contribution in [0, 0.1) is 0 Å². The summed E-state index contributed by atoms with van der Waals surface area (Å²) in [5.74, 6) is -0.217. The van der Waals surface area contributed by atoms with Gasteiger partial charge in [-0.25, -0.2) is 0 Å². The van der Waals surface area contributed by atoms with E-state index in [0.29, 0.717) is 13.0 Å². The second-order valence-corrected chi connectivity index (χ2v) is 6.74. The van der Waals surface area contributed by atoms with Crippen LogP contribution in [-0.4, -0.2) is 12.9 Å². The Hall–Kier alpha value is -2.69. The molecule has 1 aromatic carbocycles. The Morgan fingerprint density at radius 1 is 1.29 bits per heavy atom. The van der Waals surface area contributed by atoms with E-state index in [1.807, 2.05) is 45.1 Å². The van der Waals surface area contributed by atoms with E-state index in [1.54, 1.807) is 18.2 Å². The summed E-state index contributed by atoms with van der Waals surface area (Å²) in [7, 11) is 0. The fraction of sp³-hybridized carbons (Fsp3) is 0.304. The molecule has 1 unspecified atom stereocenters. The predicted octanol–water partition coefficient (Wildman–Crippen LogP) is 6.83. The van der Waals surface area contributed by atoms with Gasteiger partial charge in [0.15, 0.2) is 0 Å². The van der Waals surface area contributed by atoms with Crippen molar-refractivity contribution in [1.29, 1.82) is 0 Å². The Bertz CT molecular complexity index is 833. The van der Waals surface area contributed by atoms with Crippen LogP contribution in [0.2, 0.25) is 0 Å². The Morgan fingerprint density at radius 2 is 2.00 bits per heavy atom. The van der Waals surface area contributed by atoms with Crippen molar-refractivity contribution in [2.45, 2.75) is 39.0 Å². The molecule has 0 aromatic heterocycles. The van der Waals surface area contributed by atoms with Crippen molar-refractivity contribution >= 4 is 5.69 Å². The molecule has 1 heterocycles. The quantitative estimate of drug-likeness (QED) is 0.474. The standard InChI is InChI=1S/C23H26F3NO/c1-6-10-12-17(8-3)16-22(5)19-15-18(28-23(24,25)26)13-14-20(19)27(9-4)21(22)11-7-2/h6-8,10-15H,2-3,9,16H2,1,4-5H3/b10-6-,17-12+,21-11-. The van der Waals surface area contributed by atoms with Crippen molar-refractivity contribution in [3.05, 3.63) is 84.6 Å². The lowest BCUT2D eigenvalue weighted by molar-refractivity contribution is -0.274. The lowest BCUT2D eigenvalue weighted by atomic mass is 9.76. The molecule has 2 rings (SSSR count). The number of fused-ring (bicyclic) bond motifs is 1. The number of nitrogens with zero attached hydrogens (tertiary/aromatic N) is 1. The lowest BCUT2D eigenvalue weighted by Gasteiger charge is -2.30. The van der Waals surface area contributed by atoms with Gasteiger partial charge in [0, 0.05) is 23.3 Å². The first-order valence-corrected chi connectivity index (χ1v) is 9.15. The monoisotopic (exact) mass is 389 g/mol. The molecule has 0 bridgehead atoms. The molecule has 1 aliphatic heterocycles. The topological polar surface area (TPSA) is 12.5 Å². The van der Waals surface area contributed by atoms with Gasteiger partial charge in [-0.3, -0.25) is 0 Å². The van der Waals surface area contributed by atoms with Crippen molar-refractivity contribution in [2.24, 2.45) is 0 Å². The van der Waals surface area contributed by atoms with E-state index in [2.05, 4.69) is 22.8 Å². The van der Waals surface area contributed by atoms with Gasteiger partial charge in [0.05, 0.1) is 0 Å². The highest BCUT2D eigenvalue weighted by molar-refractivity contribution is 5.72. The Labute approximate surface area is 165 Å². The summed E-state index contributed by atoms with van der Waals surface area (Å²) in [6.45, 7) is 14.4. The van der Waals surface area contributed by atoms with Crippen LogP contribution in [0.25, 0.3) is 0 Å². The molecule has 1 aliphatic rings. The number of likely N-dealkylation sites (N-methyl/N-ethyl adjacent to an activating group) is 1. The molecule has 1 atom stereocenters. The van der Waals surface area contributed by atoms with Crippen molar-refractivity contribution in [3.63, 3.8) is 0 Å². The molecule has 0 radical (unpaired) electrons. The maximum atomic E-state index is 12.7. The van der Waals surface area contributed by atoms with E-state index in [4.69, 9.17) is 0 Å². The number of benzene rings is 1. The van der Waals surface area contributed by atoms with Gasteiger partial charge >= 0.3 is 6.36 Å². The largest absolute Gasteiger partial charge is 0.573 e. The summed E-state index contributed by atoms with van der Waals surface area (Å²) in [5, 5.41) is 0. The Balaban J connectivity index is 2.64. The van der Waals surface area contributed by atoms with Crippen molar-refractivity contribution in [1.82, 2.24) is 0 Å². The molecule has 0 aliphatic carbocycles. The van der Waals surface area contributed by atoms with Crippen molar-refractivity contribution in [2.75, 3.05) is 11.4 Å². The average Bonchev–Trinajstić information content (AvgIpc) is 2.86.